The summed E-state index contributed by atoms with van der Waals surface area (Å²) in [6, 6.07) is 5.00. The van der Waals surface area contributed by atoms with E-state index < -0.39 is 15.1 Å². The number of nitrogens with one attached hydrogen (secondary N) is 1. The van der Waals surface area contributed by atoms with Crippen LogP contribution in [-0.2, 0) is 9.84 Å². The average Bonchev–Trinajstić information content (AvgIpc) is 2.69. The monoisotopic (exact) mass is 346 g/mol. The predicted octanol–water partition coefficient (Wildman–Crippen LogP) is 1.34. The molecule has 0 saturated carbocycles. The molecule has 0 bridgehead atoms. The molecule has 5 nitrogen and oxygen atoms in total. The molecule has 3 N–H and O–H groups in total. The largest absolute Gasteiger partial charge is 0.398 e. The Bertz CT molecular complexity index is 601. The lowest BCUT2D eigenvalue weighted by molar-refractivity contribution is 0.0953. The van der Waals surface area contributed by atoms with E-state index in [2.05, 4.69) is 21.2 Å². The summed E-state index contributed by atoms with van der Waals surface area (Å²) >= 11 is 3.25. The zero-order valence-electron chi connectivity index (χ0n) is 10.2. The molecule has 1 fully saturated rings. The van der Waals surface area contributed by atoms with Gasteiger partial charge >= 0.3 is 0 Å². The van der Waals surface area contributed by atoms with Gasteiger partial charge < -0.3 is 11.1 Å². The molecular weight excluding hydrogens is 332 g/mol. The number of benzene rings is 1. The Morgan fingerprint density at radius 1 is 1.47 bits per heavy atom. The van der Waals surface area contributed by atoms with Crippen LogP contribution in [0.3, 0.4) is 0 Å². The van der Waals surface area contributed by atoms with Gasteiger partial charge in [0.1, 0.15) is 0 Å². The van der Waals surface area contributed by atoms with Gasteiger partial charge in [-0.1, -0.05) is 6.07 Å². The highest BCUT2D eigenvalue weighted by Gasteiger charge is 2.31. The molecule has 7 heteroatoms. The lowest BCUT2D eigenvalue weighted by atomic mass is 10.2. The molecule has 1 amide bonds. The van der Waals surface area contributed by atoms with E-state index in [1.165, 1.54) is 0 Å². The van der Waals surface area contributed by atoms with Gasteiger partial charge in [-0.3, -0.25) is 4.79 Å². The summed E-state index contributed by atoms with van der Waals surface area (Å²) in [6.45, 7) is 0.155. The van der Waals surface area contributed by atoms with Crippen molar-refractivity contribution in [2.75, 3.05) is 18.0 Å². The third kappa shape index (κ3) is 3.09. The number of carbonyl (C=O) groups is 1. The van der Waals surface area contributed by atoms with E-state index in [1.807, 2.05) is 0 Å². The van der Waals surface area contributed by atoms with Gasteiger partial charge in [-0.25, -0.2) is 8.42 Å². The number of nitrogens with two attached hydrogens (primary N) is 1. The van der Waals surface area contributed by atoms with Gasteiger partial charge in [-0.15, -0.1) is 0 Å². The first-order chi connectivity index (χ1) is 8.92. The van der Waals surface area contributed by atoms with Crippen LogP contribution in [0.15, 0.2) is 22.7 Å². The Morgan fingerprint density at radius 3 is 2.84 bits per heavy atom. The number of sulfone groups is 1. The molecule has 0 aromatic heterocycles. The molecule has 1 aliphatic rings. The zero-order valence-corrected chi connectivity index (χ0v) is 12.6. The van der Waals surface area contributed by atoms with E-state index in [-0.39, 0.29) is 18.2 Å². The molecule has 1 aromatic rings. The van der Waals surface area contributed by atoms with E-state index in [1.54, 1.807) is 18.2 Å². The Kier molecular flexibility index (Phi) is 4.15. The SMILES string of the molecule is Nc1cccc(C(=O)NCC2CCCS2(=O)=O)c1Br. The Morgan fingerprint density at radius 2 is 2.21 bits per heavy atom. The summed E-state index contributed by atoms with van der Waals surface area (Å²) in [5.74, 6) is -0.100. The highest BCUT2D eigenvalue weighted by molar-refractivity contribution is 9.10. The topological polar surface area (TPSA) is 89.3 Å². The molecule has 1 heterocycles. The molecule has 1 saturated heterocycles. The Hall–Kier alpha value is -1.08. The maximum absolute atomic E-state index is 12.0. The zero-order chi connectivity index (χ0) is 14.0. The van der Waals surface area contributed by atoms with E-state index in [9.17, 15) is 13.2 Å². The third-order valence-electron chi connectivity index (χ3n) is 3.23. The van der Waals surface area contributed by atoms with Gasteiger partial charge in [0.05, 0.1) is 21.0 Å². The van der Waals surface area contributed by atoms with Crippen LogP contribution in [0.4, 0.5) is 5.69 Å². The molecule has 19 heavy (non-hydrogen) atoms. The maximum Gasteiger partial charge on any atom is 0.252 e. The standard InChI is InChI=1S/C12H15BrN2O3S/c13-11-9(4-1-5-10(11)14)12(16)15-7-8-3-2-6-19(8,17)18/h1,4-5,8H,2-3,6-7,14H2,(H,15,16). The second-order valence-electron chi connectivity index (χ2n) is 4.55. The summed E-state index contributed by atoms with van der Waals surface area (Å²) in [4.78, 5) is 12.0. The van der Waals surface area contributed by atoms with E-state index in [0.717, 1.165) is 0 Å². The minimum atomic E-state index is -3.03. The second-order valence-corrected chi connectivity index (χ2v) is 7.74. The number of halogens is 1. The lowest BCUT2D eigenvalue weighted by Gasteiger charge is -2.12. The molecule has 1 aliphatic heterocycles. The molecule has 1 atom stereocenters. The Labute approximate surface area is 120 Å². The van der Waals surface area contributed by atoms with Gasteiger partial charge in [0, 0.05) is 12.2 Å². The third-order valence-corrected chi connectivity index (χ3v) is 6.39. The first kappa shape index (κ1) is 14.3. The van der Waals surface area contributed by atoms with E-state index in [0.29, 0.717) is 28.6 Å². The fraction of sp³-hybridized carbons (Fsp3) is 0.417. The molecule has 1 unspecified atom stereocenters. The van der Waals surface area contributed by atoms with Crippen LogP contribution in [0, 0.1) is 0 Å². The number of nitrogen functional groups attached to an aromatic ring is 1. The maximum atomic E-state index is 12.0. The summed E-state index contributed by atoms with van der Waals surface area (Å²) in [7, 11) is -3.03. The quantitative estimate of drug-likeness (QED) is 0.808. The van der Waals surface area contributed by atoms with Gasteiger partial charge in [0.15, 0.2) is 9.84 Å². The number of rotatable bonds is 3. The molecule has 0 spiro atoms. The van der Waals surface area contributed by atoms with Crippen molar-refractivity contribution in [3.05, 3.63) is 28.2 Å². The summed E-state index contributed by atoms with van der Waals surface area (Å²) in [5, 5.41) is 2.20. The molecule has 0 radical (unpaired) electrons. The fourth-order valence-electron chi connectivity index (χ4n) is 2.11. The molecule has 2 rings (SSSR count). The Balaban J connectivity index is 2.04. The van der Waals surface area contributed by atoms with Crippen LogP contribution in [0.2, 0.25) is 0 Å². The van der Waals surface area contributed by atoms with Crippen LogP contribution < -0.4 is 11.1 Å². The normalized spacial score (nSPS) is 21.2. The molecule has 104 valence electrons. The minimum Gasteiger partial charge on any atom is -0.398 e. The number of hydrogen-bond donors (Lipinski definition) is 2. The number of hydrogen-bond acceptors (Lipinski definition) is 4. The van der Waals surface area contributed by atoms with Gasteiger partial charge in [-0.2, -0.15) is 0 Å². The summed E-state index contributed by atoms with van der Waals surface area (Å²) < 4.78 is 23.8. The summed E-state index contributed by atoms with van der Waals surface area (Å²) in [6.07, 6.45) is 1.28. The van der Waals surface area contributed by atoms with Crippen LogP contribution >= 0.6 is 15.9 Å². The number of carbonyl (C=O) groups excluding carboxylic acids is 1. The second kappa shape index (κ2) is 5.50. The van der Waals surface area contributed by atoms with Gasteiger partial charge in [-0.05, 0) is 40.9 Å². The van der Waals surface area contributed by atoms with Crippen molar-refractivity contribution in [1.29, 1.82) is 0 Å². The smallest absolute Gasteiger partial charge is 0.252 e. The lowest BCUT2D eigenvalue weighted by Crippen LogP contribution is -2.34. The van der Waals surface area contributed by atoms with Crippen molar-refractivity contribution in [2.24, 2.45) is 0 Å². The van der Waals surface area contributed by atoms with Crippen molar-refractivity contribution >= 4 is 37.4 Å². The van der Waals surface area contributed by atoms with Crippen molar-refractivity contribution < 1.29 is 13.2 Å². The van der Waals surface area contributed by atoms with Crippen LogP contribution in [0.5, 0.6) is 0 Å². The predicted molar refractivity (Wildman–Crippen MR) is 77.7 cm³/mol. The van der Waals surface area contributed by atoms with Crippen molar-refractivity contribution in [3.63, 3.8) is 0 Å². The minimum absolute atomic E-state index is 0.155. The molecule has 0 aliphatic carbocycles. The first-order valence-electron chi connectivity index (χ1n) is 5.95. The van der Waals surface area contributed by atoms with Crippen LogP contribution in [0.25, 0.3) is 0 Å². The molecule has 1 aromatic carbocycles. The van der Waals surface area contributed by atoms with Crippen molar-refractivity contribution in [3.8, 4) is 0 Å². The van der Waals surface area contributed by atoms with Crippen LogP contribution in [0.1, 0.15) is 23.2 Å². The molecular formula is C12H15BrN2O3S. The summed E-state index contributed by atoms with van der Waals surface area (Å²) in [5.41, 5.74) is 6.58. The van der Waals surface area contributed by atoms with Crippen molar-refractivity contribution in [2.45, 2.75) is 18.1 Å². The van der Waals surface area contributed by atoms with E-state index >= 15 is 0 Å². The highest BCUT2D eigenvalue weighted by Crippen LogP contribution is 2.24. The highest BCUT2D eigenvalue weighted by atomic mass is 79.9. The van der Waals surface area contributed by atoms with Crippen molar-refractivity contribution in [1.82, 2.24) is 5.32 Å². The van der Waals surface area contributed by atoms with E-state index in [4.69, 9.17) is 5.73 Å². The number of anilines is 1. The van der Waals surface area contributed by atoms with Gasteiger partial charge in [0.25, 0.3) is 5.91 Å². The van der Waals surface area contributed by atoms with Gasteiger partial charge in [0.2, 0.25) is 0 Å². The first-order valence-corrected chi connectivity index (χ1v) is 8.46. The van der Waals surface area contributed by atoms with Crippen LogP contribution in [-0.4, -0.2) is 31.9 Å². The number of amides is 1. The average molecular weight is 347 g/mol. The fourth-order valence-corrected chi connectivity index (χ4v) is 4.32.